The summed E-state index contributed by atoms with van der Waals surface area (Å²) >= 11 is 11.8. The lowest BCUT2D eigenvalue weighted by molar-refractivity contribution is -0.137. The van der Waals surface area contributed by atoms with Crippen molar-refractivity contribution in [1.82, 2.24) is 4.57 Å². The highest BCUT2D eigenvalue weighted by atomic mass is 35.5. The summed E-state index contributed by atoms with van der Waals surface area (Å²) < 4.78 is 12.1. The van der Waals surface area contributed by atoms with Crippen molar-refractivity contribution in [3.63, 3.8) is 0 Å². The standard InChI is InChI=1S/C21H20Cl2N2O4/c1-13-8-15(14(2)25(13)6-7-28-3)9-16(11-24)21(27)29-12-20(26)18-5-4-17(22)10-19(18)23/h4-5,8-10H,6-7,12H2,1-3H3/b16-9+. The third-order valence-corrected chi connectivity index (χ3v) is 4.89. The molecular formula is C21H20Cl2N2O4. The van der Waals surface area contributed by atoms with Crippen molar-refractivity contribution in [2.45, 2.75) is 20.4 Å². The number of nitriles is 1. The molecule has 0 bridgehead atoms. The molecule has 0 aliphatic carbocycles. The van der Waals surface area contributed by atoms with Crippen LogP contribution < -0.4 is 0 Å². The minimum absolute atomic E-state index is 0.165. The number of hydrogen-bond acceptors (Lipinski definition) is 5. The number of methoxy groups -OCH3 is 1. The van der Waals surface area contributed by atoms with Crippen molar-refractivity contribution in [3.8, 4) is 6.07 Å². The minimum Gasteiger partial charge on any atom is -0.453 e. The number of nitrogens with zero attached hydrogens (tertiary/aromatic N) is 2. The molecule has 1 heterocycles. The first kappa shape index (κ1) is 22.7. The molecular weight excluding hydrogens is 415 g/mol. The second kappa shape index (κ2) is 10.3. The molecule has 2 rings (SSSR count). The highest BCUT2D eigenvalue weighted by molar-refractivity contribution is 6.36. The summed E-state index contributed by atoms with van der Waals surface area (Å²) in [5.74, 6) is -1.37. The molecule has 0 unspecified atom stereocenters. The molecule has 2 aromatic rings. The van der Waals surface area contributed by atoms with Gasteiger partial charge in [-0.1, -0.05) is 23.2 Å². The van der Waals surface area contributed by atoms with Gasteiger partial charge < -0.3 is 14.0 Å². The smallest absolute Gasteiger partial charge is 0.349 e. The number of aryl methyl sites for hydroxylation is 1. The SMILES string of the molecule is COCCn1c(C)cc(/C=C(\C#N)C(=O)OCC(=O)c2ccc(Cl)cc2Cl)c1C. The number of carbonyl (C=O) groups is 2. The Morgan fingerprint density at radius 2 is 1.97 bits per heavy atom. The molecule has 0 saturated carbocycles. The highest BCUT2D eigenvalue weighted by Crippen LogP contribution is 2.22. The minimum atomic E-state index is -0.882. The predicted molar refractivity (Wildman–Crippen MR) is 111 cm³/mol. The van der Waals surface area contributed by atoms with E-state index in [1.54, 1.807) is 7.11 Å². The van der Waals surface area contributed by atoms with Crippen LogP contribution in [0, 0.1) is 25.2 Å². The molecule has 0 radical (unpaired) electrons. The van der Waals surface area contributed by atoms with Gasteiger partial charge in [-0.05, 0) is 49.8 Å². The Morgan fingerprint density at radius 1 is 1.24 bits per heavy atom. The summed E-state index contributed by atoms with van der Waals surface area (Å²) in [4.78, 5) is 24.5. The zero-order chi connectivity index (χ0) is 21.6. The maximum Gasteiger partial charge on any atom is 0.349 e. The van der Waals surface area contributed by atoms with Crippen molar-refractivity contribution < 1.29 is 19.1 Å². The Balaban J connectivity index is 2.13. The number of rotatable bonds is 8. The van der Waals surface area contributed by atoms with Crippen LogP contribution in [-0.4, -0.2) is 36.6 Å². The number of ketones is 1. The zero-order valence-electron chi connectivity index (χ0n) is 16.3. The molecule has 1 aromatic carbocycles. The number of hydrogen-bond donors (Lipinski definition) is 0. The summed E-state index contributed by atoms with van der Waals surface area (Å²) in [5.41, 5.74) is 2.58. The fourth-order valence-corrected chi connectivity index (χ4v) is 3.31. The maximum absolute atomic E-state index is 12.3. The summed E-state index contributed by atoms with van der Waals surface area (Å²) in [7, 11) is 1.62. The number of Topliss-reactive ketones (excluding diaryl/α,β-unsaturated/α-hetero) is 1. The lowest BCUT2D eigenvalue weighted by Gasteiger charge is -2.08. The predicted octanol–water partition coefficient (Wildman–Crippen LogP) is 4.39. The van der Waals surface area contributed by atoms with Gasteiger partial charge in [0.1, 0.15) is 11.6 Å². The molecule has 8 heteroatoms. The van der Waals surface area contributed by atoms with Gasteiger partial charge >= 0.3 is 5.97 Å². The number of aromatic nitrogens is 1. The van der Waals surface area contributed by atoms with E-state index in [4.69, 9.17) is 32.7 Å². The molecule has 0 N–H and O–H groups in total. The van der Waals surface area contributed by atoms with E-state index in [9.17, 15) is 14.9 Å². The number of benzene rings is 1. The van der Waals surface area contributed by atoms with Gasteiger partial charge in [0.2, 0.25) is 5.78 Å². The number of esters is 1. The molecule has 0 aliphatic heterocycles. The van der Waals surface area contributed by atoms with E-state index in [0.717, 1.165) is 17.0 Å². The Kier molecular flexibility index (Phi) is 8.03. The summed E-state index contributed by atoms with van der Waals surface area (Å²) in [5, 5.41) is 9.91. The van der Waals surface area contributed by atoms with Crippen molar-refractivity contribution in [1.29, 1.82) is 5.26 Å². The first-order chi connectivity index (χ1) is 13.8. The van der Waals surface area contributed by atoms with Crippen LogP contribution >= 0.6 is 23.2 Å². The molecule has 0 fully saturated rings. The van der Waals surface area contributed by atoms with Crippen molar-refractivity contribution in [2.75, 3.05) is 20.3 Å². The largest absolute Gasteiger partial charge is 0.453 e. The van der Waals surface area contributed by atoms with Gasteiger partial charge in [-0.25, -0.2) is 4.79 Å². The topological polar surface area (TPSA) is 81.3 Å². The van der Waals surface area contributed by atoms with E-state index in [0.29, 0.717) is 18.2 Å². The van der Waals surface area contributed by atoms with Gasteiger partial charge in [0.15, 0.2) is 6.61 Å². The van der Waals surface area contributed by atoms with Gasteiger partial charge in [-0.2, -0.15) is 5.26 Å². The lowest BCUT2D eigenvalue weighted by Crippen LogP contribution is -2.15. The molecule has 6 nitrogen and oxygen atoms in total. The quantitative estimate of drug-likeness (QED) is 0.266. The molecule has 0 amide bonds. The summed E-state index contributed by atoms with van der Waals surface area (Å²) in [6.45, 7) is 4.48. The van der Waals surface area contributed by atoms with E-state index >= 15 is 0 Å². The first-order valence-corrected chi connectivity index (χ1v) is 9.47. The third-order valence-electron chi connectivity index (χ3n) is 4.34. The Bertz CT molecular complexity index is 1000. The molecule has 0 aliphatic rings. The van der Waals surface area contributed by atoms with Crippen LogP contribution in [0.4, 0.5) is 0 Å². The van der Waals surface area contributed by atoms with E-state index in [1.807, 2.05) is 30.6 Å². The number of carbonyl (C=O) groups excluding carboxylic acids is 2. The van der Waals surface area contributed by atoms with E-state index in [-0.39, 0.29) is 16.2 Å². The van der Waals surface area contributed by atoms with Crippen LogP contribution in [0.5, 0.6) is 0 Å². The van der Waals surface area contributed by atoms with Crippen LogP contribution in [0.15, 0.2) is 29.8 Å². The van der Waals surface area contributed by atoms with E-state index < -0.39 is 18.4 Å². The Labute approximate surface area is 179 Å². The molecule has 29 heavy (non-hydrogen) atoms. The number of ether oxygens (including phenoxy) is 2. The second-order valence-electron chi connectivity index (χ2n) is 6.26. The average molecular weight is 435 g/mol. The van der Waals surface area contributed by atoms with Gasteiger partial charge in [0.05, 0.1) is 11.6 Å². The Hall–Kier alpha value is -2.59. The first-order valence-electron chi connectivity index (χ1n) is 8.71. The summed E-state index contributed by atoms with van der Waals surface area (Å²) in [6, 6.07) is 8.10. The molecule has 0 spiro atoms. The zero-order valence-corrected chi connectivity index (χ0v) is 17.8. The van der Waals surface area contributed by atoms with Gasteiger partial charge in [-0.15, -0.1) is 0 Å². The van der Waals surface area contributed by atoms with E-state index in [1.165, 1.54) is 24.3 Å². The van der Waals surface area contributed by atoms with Crippen LogP contribution in [0.3, 0.4) is 0 Å². The van der Waals surface area contributed by atoms with Crippen LogP contribution in [-0.2, 0) is 20.8 Å². The monoisotopic (exact) mass is 434 g/mol. The Morgan fingerprint density at radius 3 is 2.59 bits per heavy atom. The van der Waals surface area contributed by atoms with Crippen molar-refractivity contribution >= 4 is 41.0 Å². The highest BCUT2D eigenvalue weighted by Gasteiger charge is 2.17. The summed E-state index contributed by atoms with van der Waals surface area (Å²) in [6.07, 6.45) is 1.45. The fourth-order valence-electron chi connectivity index (χ4n) is 2.80. The molecule has 0 saturated heterocycles. The number of halogens is 2. The molecule has 0 atom stereocenters. The lowest BCUT2D eigenvalue weighted by atomic mass is 10.1. The van der Waals surface area contributed by atoms with Gasteiger partial charge in [-0.3, -0.25) is 4.79 Å². The third kappa shape index (κ3) is 5.70. The van der Waals surface area contributed by atoms with Crippen LogP contribution in [0.2, 0.25) is 10.0 Å². The fraction of sp³-hybridized carbons (Fsp3) is 0.286. The second-order valence-corrected chi connectivity index (χ2v) is 7.11. The van der Waals surface area contributed by atoms with Crippen molar-refractivity contribution in [2.24, 2.45) is 0 Å². The average Bonchev–Trinajstić information content (AvgIpc) is 2.95. The van der Waals surface area contributed by atoms with Gasteiger partial charge in [0.25, 0.3) is 0 Å². The maximum atomic E-state index is 12.3. The van der Waals surface area contributed by atoms with Gasteiger partial charge in [0, 0.05) is 35.6 Å². The van der Waals surface area contributed by atoms with Crippen LogP contribution in [0.25, 0.3) is 6.08 Å². The van der Waals surface area contributed by atoms with Crippen molar-refractivity contribution in [3.05, 3.63) is 62.4 Å². The van der Waals surface area contributed by atoms with E-state index in [2.05, 4.69) is 0 Å². The molecule has 1 aromatic heterocycles. The molecule has 152 valence electrons. The normalized spacial score (nSPS) is 11.2. The van der Waals surface area contributed by atoms with Crippen LogP contribution in [0.1, 0.15) is 27.3 Å².